The third-order valence-electron chi connectivity index (χ3n) is 3.39. The van der Waals surface area contributed by atoms with Gasteiger partial charge in [-0.3, -0.25) is 0 Å². The van der Waals surface area contributed by atoms with Crippen LogP contribution in [0, 0.1) is 6.92 Å². The summed E-state index contributed by atoms with van der Waals surface area (Å²) in [5.41, 5.74) is 0.813. The van der Waals surface area contributed by atoms with E-state index in [4.69, 9.17) is 0 Å². The second-order valence-corrected chi connectivity index (χ2v) is 6.24. The van der Waals surface area contributed by atoms with Crippen molar-refractivity contribution in [3.63, 3.8) is 0 Å². The molecule has 1 aromatic heterocycles. The first-order valence-corrected chi connectivity index (χ1v) is 7.83. The standard InChI is InChI=1S/C16H17F3N2OS/c1-11-6-7-23-14(11)10-21(2)15(22)20-9-12-4-3-5-13(8-12)16(17,18)19/h3-8H,9-10H2,1-2H3,(H,20,22). The van der Waals surface area contributed by atoms with Gasteiger partial charge in [0.05, 0.1) is 12.1 Å². The molecule has 2 aromatic rings. The van der Waals surface area contributed by atoms with Gasteiger partial charge in [0, 0.05) is 18.5 Å². The van der Waals surface area contributed by atoms with Crippen molar-refractivity contribution in [3.8, 4) is 0 Å². The lowest BCUT2D eigenvalue weighted by atomic mass is 10.1. The summed E-state index contributed by atoms with van der Waals surface area (Å²) in [6.07, 6.45) is -4.38. The molecule has 1 heterocycles. The topological polar surface area (TPSA) is 32.3 Å². The quantitative estimate of drug-likeness (QED) is 0.877. The third-order valence-corrected chi connectivity index (χ3v) is 4.40. The number of urea groups is 1. The number of hydrogen-bond donors (Lipinski definition) is 1. The lowest BCUT2D eigenvalue weighted by Crippen LogP contribution is -2.36. The van der Waals surface area contributed by atoms with Crippen molar-refractivity contribution >= 4 is 17.4 Å². The SMILES string of the molecule is Cc1ccsc1CN(C)C(=O)NCc1cccc(C(F)(F)F)c1. The highest BCUT2D eigenvalue weighted by molar-refractivity contribution is 7.10. The Morgan fingerprint density at radius 2 is 2.04 bits per heavy atom. The van der Waals surface area contributed by atoms with Crippen molar-refractivity contribution in [2.45, 2.75) is 26.2 Å². The van der Waals surface area contributed by atoms with Gasteiger partial charge >= 0.3 is 12.2 Å². The molecule has 0 saturated carbocycles. The van der Waals surface area contributed by atoms with Crippen LogP contribution in [-0.4, -0.2) is 18.0 Å². The third kappa shape index (κ3) is 4.72. The normalized spacial score (nSPS) is 11.3. The summed E-state index contributed by atoms with van der Waals surface area (Å²) in [6.45, 7) is 2.49. The fraction of sp³-hybridized carbons (Fsp3) is 0.312. The van der Waals surface area contributed by atoms with Crippen LogP contribution in [0.5, 0.6) is 0 Å². The molecule has 0 radical (unpaired) electrons. The minimum Gasteiger partial charge on any atom is -0.334 e. The second kappa shape index (κ2) is 7.04. The van der Waals surface area contributed by atoms with Crippen LogP contribution < -0.4 is 5.32 Å². The summed E-state index contributed by atoms with van der Waals surface area (Å²) in [7, 11) is 1.65. The molecule has 0 saturated heterocycles. The molecule has 1 aromatic carbocycles. The van der Waals surface area contributed by atoms with E-state index in [0.29, 0.717) is 12.1 Å². The molecular weight excluding hydrogens is 325 g/mol. The number of carbonyl (C=O) groups excluding carboxylic acids is 1. The maximum Gasteiger partial charge on any atom is 0.416 e. The first-order chi connectivity index (χ1) is 10.8. The van der Waals surface area contributed by atoms with Crippen molar-refractivity contribution < 1.29 is 18.0 Å². The molecule has 1 N–H and O–H groups in total. The lowest BCUT2D eigenvalue weighted by Gasteiger charge is -2.18. The van der Waals surface area contributed by atoms with E-state index >= 15 is 0 Å². The fourth-order valence-corrected chi connectivity index (χ4v) is 2.98. The first kappa shape index (κ1) is 17.3. The number of aryl methyl sites for hydroxylation is 1. The number of nitrogens with one attached hydrogen (secondary N) is 1. The van der Waals surface area contributed by atoms with E-state index in [1.54, 1.807) is 24.5 Å². The van der Waals surface area contributed by atoms with Gasteiger partial charge in [-0.25, -0.2) is 4.79 Å². The predicted molar refractivity (Wildman–Crippen MR) is 84.2 cm³/mol. The number of alkyl halides is 3. The number of benzene rings is 1. The van der Waals surface area contributed by atoms with Gasteiger partial charge in [-0.05, 0) is 41.6 Å². The van der Waals surface area contributed by atoms with Crippen LogP contribution in [0.15, 0.2) is 35.7 Å². The summed E-state index contributed by atoms with van der Waals surface area (Å²) in [5.74, 6) is 0. The summed E-state index contributed by atoms with van der Waals surface area (Å²) in [5, 5.41) is 4.59. The zero-order chi connectivity index (χ0) is 17.0. The van der Waals surface area contributed by atoms with E-state index in [-0.39, 0.29) is 12.6 Å². The van der Waals surface area contributed by atoms with Gasteiger partial charge in [0.25, 0.3) is 0 Å². The molecule has 0 aliphatic rings. The maximum absolute atomic E-state index is 12.7. The van der Waals surface area contributed by atoms with Gasteiger partial charge in [0.15, 0.2) is 0 Å². The molecule has 0 bridgehead atoms. The Morgan fingerprint density at radius 1 is 1.30 bits per heavy atom. The summed E-state index contributed by atoms with van der Waals surface area (Å²) in [6, 6.07) is 6.60. The Kier molecular flexibility index (Phi) is 5.30. The first-order valence-electron chi connectivity index (χ1n) is 6.95. The number of rotatable bonds is 4. The highest BCUT2D eigenvalue weighted by atomic mass is 32.1. The lowest BCUT2D eigenvalue weighted by molar-refractivity contribution is -0.137. The van der Waals surface area contributed by atoms with Crippen molar-refractivity contribution in [2.75, 3.05) is 7.05 Å². The molecule has 0 fully saturated rings. The van der Waals surface area contributed by atoms with Crippen LogP contribution in [-0.2, 0) is 19.3 Å². The highest BCUT2D eigenvalue weighted by Gasteiger charge is 2.30. The van der Waals surface area contributed by atoms with Crippen LogP contribution >= 0.6 is 11.3 Å². The average molecular weight is 342 g/mol. The van der Waals surface area contributed by atoms with Gasteiger partial charge in [-0.15, -0.1) is 11.3 Å². The fourth-order valence-electron chi connectivity index (χ4n) is 2.02. The van der Waals surface area contributed by atoms with Crippen LogP contribution in [0.4, 0.5) is 18.0 Å². The molecule has 3 nitrogen and oxygen atoms in total. The summed E-state index contributed by atoms with van der Waals surface area (Å²) in [4.78, 5) is 14.6. The van der Waals surface area contributed by atoms with E-state index in [1.165, 1.54) is 11.0 Å². The molecule has 0 aliphatic carbocycles. The van der Waals surface area contributed by atoms with E-state index < -0.39 is 11.7 Å². The van der Waals surface area contributed by atoms with Crippen molar-refractivity contribution in [1.29, 1.82) is 0 Å². The van der Waals surface area contributed by atoms with Crippen LogP contribution in [0.3, 0.4) is 0 Å². The molecule has 0 spiro atoms. The van der Waals surface area contributed by atoms with Crippen molar-refractivity contribution in [1.82, 2.24) is 10.2 Å². The highest BCUT2D eigenvalue weighted by Crippen LogP contribution is 2.29. The molecule has 2 amide bonds. The Balaban J connectivity index is 1.92. The zero-order valence-electron chi connectivity index (χ0n) is 12.8. The number of carbonyl (C=O) groups is 1. The van der Waals surface area contributed by atoms with E-state index in [0.717, 1.165) is 22.6 Å². The van der Waals surface area contributed by atoms with Gasteiger partial charge < -0.3 is 10.2 Å². The Labute approximate surface area is 136 Å². The number of thiophene rings is 1. The Hall–Kier alpha value is -2.02. The number of hydrogen-bond acceptors (Lipinski definition) is 2. The van der Waals surface area contributed by atoms with Crippen LogP contribution in [0.1, 0.15) is 21.6 Å². The molecule has 2 rings (SSSR count). The van der Waals surface area contributed by atoms with E-state index in [1.807, 2.05) is 18.4 Å². The average Bonchev–Trinajstić information content (AvgIpc) is 2.89. The van der Waals surface area contributed by atoms with Crippen LogP contribution in [0.2, 0.25) is 0 Å². The number of halogens is 3. The van der Waals surface area contributed by atoms with E-state index in [2.05, 4.69) is 5.32 Å². The Bertz CT molecular complexity index is 682. The van der Waals surface area contributed by atoms with Gasteiger partial charge in [0.1, 0.15) is 0 Å². The van der Waals surface area contributed by atoms with Crippen molar-refractivity contribution in [2.24, 2.45) is 0 Å². The van der Waals surface area contributed by atoms with E-state index in [9.17, 15) is 18.0 Å². The monoisotopic (exact) mass is 342 g/mol. The summed E-state index contributed by atoms with van der Waals surface area (Å²) >= 11 is 1.57. The molecule has 0 unspecified atom stereocenters. The molecule has 7 heteroatoms. The largest absolute Gasteiger partial charge is 0.416 e. The van der Waals surface area contributed by atoms with Gasteiger partial charge in [0.2, 0.25) is 0 Å². The van der Waals surface area contributed by atoms with Gasteiger partial charge in [-0.2, -0.15) is 13.2 Å². The molecule has 0 aliphatic heterocycles. The maximum atomic E-state index is 12.7. The minimum atomic E-state index is -4.38. The second-order valence-electron chi connectivity index (χ2n) is 5.24. The molecule has 0 atom stereocenters. The number of nitrogens with zero attached hydrogens (tertiary/aromatic N) is 1. The zero-order valence-corrected chi connectivity index (χ0v) is 13.6. The van der Waals surface area contributed by atoms with Crippen molar-refractivity contribution in [3.05, 3.63) is 57.3 Å². The number of amides is 2. The molecule has 124 valence electrons. The molecule has 23 heavy (non-hydrogen) atoms. The molecular formula is C16H17F3N2OS. The van der Waals surface area contributed by atoms with Crippen LogP contribution in [0.25, 0.3) is 0 Å². The predicted octanol–water partition coefficient (Wildman–Crippen LogP) is 4.42. The minimum absolute atomic E-state index is 0.0521. The summed E-state index contributed by atoms with van der Waals surface area (Å²) < 4.78 is 38.0. The smallest absolute Gasteiger partial charge is 0.334 e. The van der Waals surface area contributed by atoms with Gasteiger partial charge in [-0.1, -0.05) is 12.1 Å². The Morgan fingerprint density at radius 3 is 2.65 bits per heavy atom.